The van der Waals surface area contributed by atoms with Crippen molar-refractivity contribution in [2.45, 2.75) is 19.4 Å². The summed E-state index contributed by atoms with van der Waals surface area (Å²) in [6, 6.07) is 11.6. The molecule has 0 bridgehead atoms. The third-order valence-corrected chi connectivity index (χ3v) is 4.74. The summed E-state index contributed by atoms with van der Waals surface area (Å²) in [5, 5.41) is 1.36. The van der Waals surface area contributed by atoms with Crippen LogP contribution in [0.4, 0.5) is 0 Å². The normalized spacial score (nSPS) is 18.1. The van der Waals surface area contributed by atoms with E-state index in [1.165, 1.54) is 0 Å². The first kappa shape index (κ1) is 15.5. The number of rotatable bonds is 2. The summed E-state index contributed by atoms with van der Waals surface area (Å²) in [5.74, 6) is 0.250. The molecule has 0 saturated heterocycles. The van der Waals surface area contributed by atoms with E-state index in [-0.39, 0.29) is 11.7 Å². The SMILES string of the molecule is CC(=O)c1cccc(C2CN(C)Cc3c(Cl)cc(Cl)cc32)c1. The second-order valence-corrected chi connectivity index (χ2v) is 6.73. The minimum atomic E-state index is 0.0790. The Hall–Kier alpha value is -1.35. The number of hydrogen-bond donors (Lipinski definition) is 0. The Balaban J connectivity index is 2.13. The maximum Gasteiger partial charge on any atom is 0.159 e. The van der Waals surface area contributed by atoms with Crippen LogP contribution >= 0.6 is 23.2 Å². The van der Waals surface area contributed by atoms with Gasteiger partial charge in [0.25, 0.3) is 0 Å². The van der Waals surface area contributed by atoms with Crippen LogP contribution in [0.2, 0.25) is 10.0 Å². The van der Waals surface area contributed by atoms with Crippen molar-refractivity contribution < 1.29 is 4.79 Å². The minimum absolute atomic E-state index is 0.0790. The van der Waals surface area contributed by atoms with Crippen molar-refractivity contribution in [1.29, 1.82) is 0 Å². The average Bonchev–Trinajstić information content (AvgIpc) is 2.47. The number of likely N-dealkylation sites (N-methyl/N-ethyl adjacent to an activating group) is 1. The summed E-state index contributed by atoms with van der Waals surface area (Å²) in [7, 11) is 2.08. The van der Waals surface area contributed by atoms with Crippen LogP contribution in [0.3, 0.4) is 0 Å². The van der Waals surface area contributed by atoms with E-state index in [4.69, 9.17) is 23.2 Å². The number of halogens is 2. The molecule has 3 rings (SSSR count). The van der Waals surface area contributed by atoms with Gasteiger partial charge in [-0.05, 0) is 48.9 Å². The topological polar surface area (TPSA) is 20.3 Å². The average molecular weight is 334 g/mol. The highest BCUT2D eigenvalue weighted by molar-refractivity contribution is 6.35. The van der Waals surface area contributed by atoms with Crippen LogP contribution in [0, 0.1) is 0 Å². The van der Waals surface area contributed by atoms with Crippen molar-refractivity contribution in [3.05, 3.63) is 68.7 Å². The first-order valence-electron chi connectivity index (χ1n) is 7.23. The number of hydrogen-bond acceptors (Lipinski definition) is 2. The van der Waals surface area contributed by atoms with Gasteiger partial charge in [-0.2, -0.15) is 0 Å². The molecule has 0 N–H and O–H groups in total. The second kappa shape index (κ2) is 6.04. The van der Waals surface area contributed by atoms with E-state index in [0.717, 1.165) is 35.3 Å². The third-order valence-electron chi connectivity index (χ3n) is 4.19. The molecule has 1 aliphatic rings. The van der Waals surface area contributed by atoms with Gasteiger partial charge in [0.1, 0.15) is 0 Å². The van der Waals surface area contributed by atoms with Gasteiger partial charge in [0.05, 0.1) is 0 Å². The van der Waals surface area contributed by atoms with Crippen LogP contribution in [0.15, 0.2) is 36.4 Å². The quantitative estimate of drug-likeness (QED) is 0.737. The van der Waals surface area contributed by atoms with Crippen molar-refractivity contribution in [3.8, 4) is 0 Å². The van der Waals surface area contributed by atoms with Crippen molar-refractivity contribution in [1.82, 2.24) is 4.90 Å². The first-order chi connectivity index (χ1) is 10.5. The van der Waals surface area contributed by atoms with Gasteiger partial charge < -0.3 is 4.90 Å². The number of carbonyl (C=O) groups excluding carboxylic acids is 1. The zero-order valence-electron chi connectivity index (χ0n) is 12.6. The lowest BCUT2D eigenvalue weighted by atomic mass is 9.84. The molecule has 0 saturated carbocycles. The molecule has 0 aliphatic carbocycles. The van der Waals surface area contributed by atoms with Crippen LogP contribution in [-0.2, 0) is 6.54 Å². The molecule has 0 radical (unpaired) electrons. The lowest BCUT2D eigenvalue weighted by Gasteiger charge is -2.33. The monoisotopic (exact) mass is 333 g/mol. The number of Topliss-reactive ketones (excluding diaryl/α,β-unsaturated/α-hetero) is 1. The van der Waals surface area contributed by atoms with Crippen molar-refractivity contribution in [2.24, 2.45) is 0 Å². The molecule has 1 heterocycles. The molecule has 1 unspecified atom stereocenters. The highest BCUT2D eigenvalue weighted by Gasteiger charge is 2.27. The van der Waals surface area contributed by atoms with E-state index in [1.54, 1.807) is 13.0 Å². The summed E-state index contributed by atoms with van der Waals surface area (Å²) in [4.78, 5) is 13.9. The van der Waals surface area contributed by atoms with Crippen molar-refractivity contribution in [3.63, 3.8) is 0 Å². The zero-order valence-corrected chi connectivity index (χ0v) is 14.1. The summed E-state index contributed by atoms with van der Waals surface area (Å²) in [6.45, 7) is 3.28. The molecular formula is C18H17Cl2NO. The first-order valence-corrected chi connectivity index (χ1v) is 7.98. The standard InChI is InChI=1S/C18H17Cl2NO/c1-11(22)12-4-3-5-13(6-12)16-9-21(2)10-17-15(16)7-14(19)8-18(17)20/h3-8,16H,9-10H2,1-2H3. The molecule has 2 nitrogen and oxygen atoms in total. The summed E-state index contributed by atoms with van der Waals surface area (Å²) in [5.41, 5.74) is 4.15. The Labute approximate surface area is 140 Å². The Bertz CT molecular complexity index is 742. The number of carbonyl (C=O) groups is 1. The van der Waals surface area contributed by atoms with E-state index in [1.807, 2.05) is 24.3 Å². The summed E-state index contributed by atoms with van der Waals surface area (Å²) in [6.07, 6.45) is 0. The second-order valence-electron chi connectivity index (χ2n) is 5.89. The maximum atomic E-state index is 11.6. The predicted molar refractivity (Wildman–Crippen MR) is 91.1 cm³/mol. The Kier molecular flexibility index (Phi) is 4.26. The van der Waals surface area contributed by atoms with Gasteiger partial charge >= 0.3 is 0 Å². The fourth-order valence-electron chi connectivity index (χ4n) is 3.10. The largest absolute Gasteiger partial charge is 0.301 e. The van der Waals surface area contributed by atoms with E-state index < -0.39 is 0 Å². The molecule has 0 amide bonds. The Morgan fingerprint density at radius 2 is 2.00 bits per heavy atom. The van der Waals surface area contributed by atoms with Gasteiger partial charge in [-0.3, -0.25) is 4.79 Å². The number of fused-ring (bicyclic) bond motifs is 1. The van der Waals surface area contributed by atoms with Gasteiger partial charge in [0.15, 0.2) is 5.78 Å². The minimum Gasteiger partial charge on any atom is -0.301 e. The molecule has 2 aromatic rings. The molecule has 1 aliphatic heterocycles. The van der Waals surface area contributed by atoms with Crippen LogP contribution in [0.5, 0.6) is 0 Å². The van der Waals surface area contributed by atoms with Gasteiger partial charge in [0, 0.05) is 34.6 Å². The van der Waals surface area contributed by atoms with E-state index in [2.05, 4.69) is 18.0 Å². The maximum absolute atomic E-state index is 11.6. The van der Waals surface area contributed by atoms with Gasteiger partial charge in [-0.25, -0.2) is 0 Å². The Morgan fingerprint density at radius 3 is 2.73 bits per heavy atom. The highest BCUT2D eigenvalue weighted by Crippen LogP contribution is 2.38. The smallest absolute Gasteiger partial charge is 0.159 e. The lowest BCUT2D eigenvalue weighted by Crippen LogP contribution is -2.31. The van der Waals surface area contributed by atoms with Crippen LogP contribution in [-0.4, -0.2) is 24.3 Å². The molecule has 0 spiro atoms. The van der Waals surface area contributed by atoms with Gasteiger partial charge in [-0.1, -0.05) is 41.4 Å². The molecule has 114 valence electrons. The van der Waals surface area contributed by atoms with Crippen LogP contribution in [0.1, 0.15) is 39.9 Å². The highest BCUT2D eigenvalue weighted by atomic mass is 35.5. The van der Waals surface area contributed by atoms with Crippen LogP contribution < -0.4 is 0 Å². The fraction of sp³-hybridized carbons (Fsp3) is 0.278. The van der Waals surface area contributed by atoms with Crippen molar-refractivity contribution >= 4 is 29.0 Å². The molecule has 0 aromatic heterocycles. The van der Waals surface area contributed by atoms with E-state index >= 15 is 0 Å². The molecule has 1 atom stereocenters. The fourth-order valence-corrected chi connectivity index (χ4v) is 3.67. The van der Waals surface area contributed by atoms with Gasteiger partial charge in [0.2, 0.25) is 0 Å². The Morgan fingerprint density at radius 1 is 1.23 bits per heavy atom. The number of nitrogens with zero attached hydrogens (tertiary/aromatic N) is 1. The number of ketones is 1. The summed E-state index contributed by atoms with van der Waals surface area (Å²) < 4.78 is 0. The van der Waals surface area contributed by atoms with Crippen molar-refractivity contribution in [2.75, 3.05) is 13.6 Å². The van der Waals surface area contributed by atoms with E-state index in [9.17, 15) is 4.79 Å². The molecular weight excluding hydrogens is 317 g/mol. The molecule has 2 aromatic carbocycles. The lowest BCUT2D eigenvalue weighted by molar-refractivity contribution is 0.101. The van der Waals surface area contributed by atoms with Crippen LogP contribution in [0.25, 0.3) is 0 Å². The zero-order chi connectivity index (χ0) is 15.9. The molecule has 4 heteroatoms. The third kappa shape index (κ3) is 2.91. The summed E-state index contributed by atoms with van der Waals surface area (Å²) >= 11 is 12.6. The van der Waals surface area contributed by atoms with Gasteiger partial charge in [-0.15, -0.1) is 0 Å². The molecule has 0 fully saturated rings. The number of benzene rings is 2. The predicted octanol–water partition coefficient (Wildman–Crippen LogP) is 4.77. The van der Waals surface area contributed by atoms with E-state index in [0.29, 0.717) is 10.0 Å². The molecule has 22 heavy (non-hydrogen) atoms.